The average molecular weight is 366 g/mol. The van der Waals surface area contributed by atoms with Gasteiger partial charge in [0.05, 0.1) is 18.0 Å². The van der Waals surface area contributed by atoms with E-state index >= 15 is 0 Å². The van der Waals surface area contributed by atoms with Gasteiger partial charge in [-0.05, 0) is 24.1 Å². The molecule has 1 N–H and O–H groups in total. The Morgan fingerprint density at radius 3 is 2.46 bits per heavy atom. The highest BCUT2D eigenvalue weighted by Gasteiger charge is 2.14. The SMILES string of the molecule is Cc1cc2ncc3cc(-c4ccccc4)c(-c4ccc(CO)cc4)nc3n2n1. The Morgan fingerprint density at radius 2 is 1.71 bits per heavy atom. The van der Waals surface area contributed by atoms with Gasteiger partial charge in [0.1, 0.15) is 0 Å². The summed E-state index contributed by atoms with van der Waals surface area (Å²) in [5, 5.41) is 14.9. The molecule has 5 nitrogen and oxygen atoms in total. The van der Waals surface area contributed by atoms with Crippen molar-refractivity contribution in [1.82, 2.24) is 19.6 Å². The van der Waals surface area contributed by atoms with Crippen molar-refractivity contribution in [1.29, 1.82) is 0 Å². The van der Waals surface area contributed by atoms with Crippen LogP contribution in [0.5, 0.6) is 0 Å². The van der Waals surface area contributed by atoms with Crippen LogP contribution in [0.25, 0.3) is 39.1 Å². The molecule has 2 aromatic carbocycles. The van der Waals surface area contributed by atoms with E-state index in [1.807, 2.05) is 61.7 Å². The maximum absolute atomic E-state index is 9.36. The first kappa shape index (κ1) is 16.6. The van der Waals surface area contributed by atoms with E-state index < -0.39 is 0 Å². The maximum Gasteiger partial charge on any atom is 0.165 e. The van der Waals surface area contributed by atoms with Crippen molar-refractivity contribution in [3.63, 3.8) is 0 Å². The largest absolute Gasteiger partial charge is 0.392 e. The second-order valence-corrected chi connectivity index (χ2v) is 6.83. The zero-order valence-corrected chi connectivity index (χ0v) is 15.4. The average Bonchev–Trinajstić information content (AvgIpc) is 3.14. The van der Waals surface area contributed by atoms with E-state index in [2.05, 4.69) is 28.3 Å². The Bertz CT molecular complexity index is 1290. The number of aryl methyl sites for hydroxylation is 1. The summed E-state index contributed by atoms with van der Waals surface area (Å²) in [5.41, 5.74) is 7.34. The summed E-state index contributed by atoms with van der Waals surface area (Å²) in [4.78, 5) is 9.54. The monoisotopic (exact) mass is 366 g/mol. The van der Waals surface area contributed by atoms with E-state index in [1.165, 1.54) is 0 Å². The van der Waals surface area contributed by atoms with Crippen LogP contribution < -0.4 is 0 Å². The predicted octanol–water partition coefficient (Wildman–Crippen LogP) is 4.41. The summed E-state index contributed by atoms with van der Waals surface area (Å²) in [6.45, 7) is 1.98. The molecule has 0 atom stereocenters. The van der Waals surface area contributed by atoms with Crippen LogP contribution in [0.15, 0.2) is 72.9 Å². The highest BCUT2D eigenvalue weighted by atomic mass is 16.3. The molecule has 28 heavy (non-hydrogen) atoms. The Balaban J connectivity index is 1.83. The number of pyridine rings is 1. The summed E-state index contributed by atoms with van der Waals surface area (Å²) in [7, 11) is 0. The van der Waals surface area contributed by atoms with E-state index in [4.69, 9.17) is 4.98 Å². The predicted molar refractivity (Wildman–Crippen MR) is 110 cm³/mol. The number of hydrogen-bond acceptors (Lipinski definition) is 4. The highest BCUT2D eigenvalue weighted by molar-refractivity contribution is 5.90. The smallest absolute Gasteiger partial charge is 0.165 e. The summed E-state index contributed by atoms with van der Waals surface area (Å²) in [6.07, 6.45) is 1.85. The van der Waals surface area contributed by atoms with Crippen LogP contribution in [-0.4, -0.2) is 24.7 Å². The Morgan fingerprint density at radius 1 is 0.929 bits per heavy atom. The zero-order valence-electron chi connectivity index (χ0n) is 15.4. The van der Waals surface area contributed by atoms with Crippen molar-refractivity contribution in [2.45, 2.75) is 13.5 Å². The van der Waals surface area contributed by atoms with Gasteiger partial charge in [0.15, 0.2) is 11.3 Å². The van der Waals surface area contributed by atoms with E-state index in [9.17, 15) is 5.11 Å². The van der Waals surface area contributed by atoms with Gasteiger partial charge in [-0.15, -0.1) is 0 Å². The van der Waals surface area contributed by atoms with Crippen LogP contribution in [0.4, 0.5) is 0 Å². The molecule has 0 aliphatic carbocycles. The van der Waals surface area contributed by atoms with E-state index in [1.54, 1.807) is 4.52 Å². The molecule has 5 aromatic rings. The van der Waals surface area contributed by atoms with Crippen LogP contribution in [0.3, 0.4) is 0 Å². The lowest BCUT2D eigenvalue weighted by Gasteiger charge is -2.12. The van der Waals surface area contributed by atoms with Gasteiger partial charge in [0, 0.05) is 28.8 Å². The molecule has 0 amide bonds. The van der Waals surface area contributed by atoms with Crippen molar-refractivity contribution < 1.29 is 5.11 Å². The Kier molecular flexibility index (Phi) is 3.88. The van der Waals surface area contributed by atoms with Crippen molar-refractivity contribution in [3.8, 4) is 22.4 Å². The fourth-order valence-corrected chi connectivity index (χ4v) is 3.48. The minimum Gasteiger partial charge on any atom is -0.392 e. The lowest BCUT2D eigenvalue weighted by molar-refractivity contribution is 0.282. The summed E-state index contributed by atoms with van der Waals surface area (Å²) >= 11 is 0. The Hall–Kier alpha value is -3.57. The van der Waals surface area contributed by atoms with Gasteiger partial charge in [0.25, 0.3) is 0 Å². The van der Waals surface area contributed by atoms with Crippen LogP contribution in [0, 0.1) is 6.92 Å². The topological polar surface area (TPSA) is 63.3 Å². The molecule has 0 aliphatic rings. The number of benzene rings is 2. The third-order valence-electron chi connectivity index (χ3n) is 4.87. The normalized spacial score (nSPS) is 11.4. The van der Waals surface area contributed by atoms with E-state index in [0.717, 1.165) is 50.3 Å². The lowest BCUT2D eigenvalue weighted by atomic mass is 9.98. The standard InChI is InChI=1S/C23H18N4O/c1-15-11-21-24-13-19-12-20(17-5-3-2-4-6-17)22(25-23(19)27(21)26-15)18-9-7-16(14-28)8-10-18/h2-13,28H,14H2,1H3. The van der Waals surface area contributed by atoms with Gasteiger partial charge in [-0.1, -0.05) is 54.6 Å². The molecule has 0 unspecified atom stereocenters. The van der Waals surface area contributed by atoms with Crippen molar-refractivity contribution in [2.24, 2.45) is 0 Å². The zero-order chi connectivity index (χ0) is 19.1. The van der Waals surface area contributed by atoms with Crippen molar-refractivity contribution >= 4 is 16.7 Å². The number of rotatable bonds is 3. The number of nitrogens with zero attached hydrogens (tertiary/aromatic N) is 4. The summed E-state index contributed by atoms with van der Waals surface area (Å²) in [5.74, 6) is 0. The molecule has 136 valence electrons. The van der Waals surface area contributed by atoms with E-state index in [0.29, 0.717) is 0 Å². The van der Waals surface area contributed by atoms with Crippen molar-refractivity contribution in [2.75, 3.05) is 0 Å². The maximum atomic E-state index is 9.36. The third-order valence-corrected chi connectivity index (χ3v) is 4.87. The minimum absolute atomic E-state index is 0.0236. The molecule has 0 saturated carbocycles. The van der Waals surface area contributed by atoms with Crippen LogP contribution >= 0.6 is 0 Å². The molecule has 0 fully saturated rings. The number of fused-ring (bicyclic) bond motifs is 3. The molecule has 3 aromatic heterocycles. The van der Waals surface area contributed by atoms with Gasteiger partial charge >= 0.3 is 0 Å². The molecule has 0 radical (unpaired) electrons. The fraction of sp³-hybridized carbons (Fsp3) is 0.0870. The first-order valence-electron chi connectivity index (χ1n) is 9.15. The van der Waals surface area contributed by atoms with Gasteiger partial charge in [0.2, 0.25) is 0 Å². The van der Waals surface area contributed by atoms with Crippen molar-refractivity contribution in [3.05, 3.63) is 84.2 Å². The molecule has 5 rings (SSSR count). The highest BCUT2D eigenvalue weighted by Crippen LogP contribution is 2.33. The van der Waals surface area contributed by atoms with Gasteiger partial charge in [-0.25, -0.2) is 9.97 Å². The first-order chi connectivity index (χ1) is 13.7. The molecule has 3 heterocycles. The van der Waals surface area contributed by atoms with Gasteiger partial charge in [-0.3, -0.25) is 0 Å². The molecular weight excluding hydrogens is 348 g/mol. The Labute approximate surface area is 161 Å². The van der Waals surface area contributed by atoms with Crippen LogP contribution in [0.1, 0.15) is 11.3 Å². The molecule has 0 bridgehead atoms. The molecule has 0 spiro atoms. The molecule has 0 saturated heterocycles. The molecule has 5 heteroatoms. The molecule has 0 aliphatic heterocycles. The first-order valence-corrected chi connectivity index (χ1v) is 9.15. The second-order valence-electron chi connectivity index (χ2n) is 6.83. The number of aliphatic hydroxyl groups is 1. The number of aromatic nitrogens is 4. The van der Waals surface area contributed by atoms with E-state index in [-0.39, 0.29) is 6.61 Å². The van der Waals surface area contributed by atoms with Crippen LogP contribution in [-0.2, 0) is 6.61 Å². The second kappa shape index (κ2) is 6.55. The quantitative estimate of drug-likeness (QED) is 0.514. The summed E-state index contributed by atoms with van der Waals surface area (Å²) < 4.78 is 1.80. The number of aliphatic hydroxyl groups excluding tert-OH is 1. The molecular formula is C23H18N4O. The van der Waals surface area contributed by atoms with Gasteiger partial charge in [-0.2, -0.15) is 9.61 Å². The fourth-order valence-electron chi connectivity index (χ4n) is 3.48. The van der Waals surface area contributed by atoms with Gasteiger partial charge < -0.3 is 5.11 Å². The number of hydrogen-bond donors (Lipinski definition) is 1. The summed E-state index contributed by atoms with van der Waals surface area (Å²) in [6, 6.07) is 22.1. The third kappa shape index (κ3) is 2.73. The van der Waals surface area contributed by atoms with Crippen LogP contribution in [0.2, 0.25) is 0 Å². The lowest BCUT2D eigenvalue weighted by Crippen LogP contribution is -1.99. The minimum atomic E-state index is 0.0236.